The highest BCUT2D eigenvalue weighted by atomic mass is 16.2. The van der Waals surface area contributed by atoms with Crippen molar-refractivity contribution in [3.8, 4) is 0 Å². The van der Waals surface area contributed by atoms with Gasteiger partial charge in [-0.15, -0.1) is 0 Å². The summed E-state index contributed by atoms with van der Waals surface area (Å²) < 4.78 is 0. The number of amides is 2. The van der Waals surface area contributed by atoms with Crippen LogP contribution in [-0.2, 0) is 16.1 Å². The molecule has 0 radical (unpaired) electrons. The summed E-state index contributed by atoms with van der Waals surface area (Å²) in [5, 5.41) is 2.89. The topological polar surface area (TPSA) is 52.7 Å². The van der Waals surface area contributed by atoms with Crippen molar-refractivity contribution >= 4 is 11.8 Å². The Morgan fingerprint density at radius 2 is 1.64 bits per heavy atom. The molecule has 1 saturated heterocycles. The van der Waals surface area contributed by atoms with E-state index in [1.165, 1.54) is 5.56 Å². The van der Waals surface area contributed by atoms with Crippen molar-refractivity contribution in [2.75, 3.05) is 26.2 Å². The van der Waals surface area contributed by atoms with Crippen LogP contribution in [0.2, 0.25) is 0 Å². The van der Waals surface area contributed by atoms with Gasteiger partial charge in [-0.3, -0.25) is 14.5 Å². The summed E-state index contributed by atoms with van der Waals surface area (Å²) in [6.45, 7) is 9.90. The number of carbonyl (C=O) groups excluding carboxylic acids is 2. The van der Waals surface area contributed by atoms with E-state index < -0.39 is 6.04 Å². The van der Waals surface area contributed by atoms with Gasteiger partial charge in [-0.1, -0.05) is 44.2 Å². The van der Waals surface area contributed by atoms with Gasteiger partial charge in [0.2, 0.25) is 11.8 Å². The predicted octanol–water partition coefficient (Wildman–Crippen LogP) is 2.27. The zero-order chi connectivity index (χ0) is 18.2. The molecule has 25 heavy (non-hydrogen) atoms. The lowest BCUT2D eigenvalue weighted by Gasteiger charge is -2.36. The van der Waals surface area contributed by atoms with Crippen molar-refractivity contribution in [1.82, 2.24) is 15.1 Å². The first-order valence-corrected chi connectivity index (χ1v) is 9.40. The minimum Gasteiger partial charge on any atom is -0.344 e. The zero-order valence-corrected chi connectivity index (χ0v) is 15.7. The zero-order valence-electron chi connectivity index (χ0n) is 15.7. The van der Waals surface area contributed by atoms with Crippen molar-refractivity contribution in [3.05, 3.63) is 35.9 Å². The van der Waals surface area contributed by atoms with Gasteiger partial charge in [0.25, 0.3) is 0 Å². The van der Waals surface area contributed by atoms with E-state index in [-0.39, 0.29) is 17.7 Å². The summed E-state index contributed by atoms with van der Waals surface area (Å²) in [6, 6.07) is 9.95. The molecule has 0 unspecified atom stereocenters. The second-order valence-electron chi connectivity index (χ2n) is 6.83. The Labute approximate surface area is 151 Å². The Morgan fingerprint density at radius 1 is 1.04 bits per heavy atom. The summed E-state index contributed by atoms with van der Waals surface area (Å²) in [4.78, 5) is 29.0. The number of piperazine rings is 1. The number of benzene rings is 1. The van der Waals surface area contributed by atoms with Crippen LogP contribution in [0.1, 0.15) is 39.2 Å². The minimum absolute atomic E-state index is 0.00188. The lowest BCUT2D eigenvalue weighted by Crippen LogP contribution is -2.54. The fraction of sp³-hybridized carbons (Fsp3) is 0.600. The van der Waals surface area contributed by atoms with Gasteiger partial charge in [0, 0.05) is 38.6 Å². The quantitative estimate of drug-likeness (QED) is 0.825. The van der Waals surface area contributed by atoms with Gasteiger partial charge >= 0.3 is 0 Å². The third kappa shape index (κ3) is 5.56. The van der Waals surface area contributed by atoms with Crippen LogP contribution in [0.25, 0.3) is 0 Å². The summed E-state index contributed by atoms with van der Waals surface area (Å²) in [5.74, 6) is 0.0187. The fourth-order valence-electron chi connectivity index (χ4n) is 3.29. The number of nitrogens with zero attached hydrogens (tertiary/aromatic N) is 2. The number of hydrogen-bond acceptors (Lipinski definition) is 3. The van der Waals surface area contributed by atoms with Crippen molar-refractivity contribution in [1.29, 1.82) is 0 Å². The average molecular weight is 345 g/mol. The van der Waals surface area contributed by atoms with E-state index in [1.807, 2.05) is 24.8 Å². The lowest BCUT2D eigenvalue weighted by atomic mass is 10.0. The molecule has 2 amide bonds. The molecule has 2 rings (SSSR count). The molecule has 1 fully saturated rings. The van der Waals surface area contributed by atoms with Gasteiger partial charge in [-0.05, 0) is 25.3 Å². The predicted molar refractivity (Wildman–Crippen MR) is 100.0 cm³/mol. The third-order valence-electron chi connectivity index (χ3n) is 5.02. The first-order valence-electron chi connectivity index (χ1n) is 9.40. The van der Waals surface area contributed by atoms with Gasteiger partial charge in [0.05, 0.1) is 0 Å². The van der Waals surface area contributed by atoms with Crippen molar-refractivity contribution < 1.29 is 9.59 Å². The number of rotatable bonds is 7. The van der Waals surface area contributed by atoms with Crippen LogP contribution in [0.3, 0.4) is 0 Å². The van der Waals surface area contributed by atoms with Crippen LogP contribution in [-0.4, -0.2) is 53.8 Å². The highest BCUT2D eigenvalue weighted by Crippen LogP contribution is 2.11. The van der Waals surface area contributed by atoms with E-state index in [0.29, 0.717) is 0 Å². The maximum Gasteiger partial charge on any atom is 0.244 e. The molecule has 138 valence electrons. The molecular formula is C20H31N3O2. The summed E-state index contributed by atoms with van der Waals surface area (Å²) in [5.41, 5.74) is 1.30. The Bertz CT molecular complexity index is 549. The first-order chi connectivity index (χ1) is 12.0. The van der Waals surface area contributed by atoms with Gasteiger partial charge in [-0.2, -0.15) is 0 Å². The largest absolute Gasteiger partial charge is 0.344 e. The smallest absolute Gasteiger partial charge is 0.244 e. The molecule has 0 spiro atoms. The molecule has 0 aliphatic carbocycles. The van der Waals surface area contributed by atoms with Crippen molar-refractivity contribution in [3.63, 3.8) is 0 Å². The lowest BCUT2D eigenvalue weighted by molar-refractivity contribution is -0.138. The van der Waals surface area contributed by atoms with E-state index >= 15 is 0 Å². The molecule has 0 saturated carbocycles. The normalized spacial score (nSPS) is 16.7. The molecule has 5 nitrogen and oxygen atoms in total. The van der Waals surface area contributed by atoms with E-state index in [9.17, 15) is 9.59 Å². The van der Waals surface area contributed by atoms with Crippen LogP contribution < -0.4 is 5.32 Å². The highest BCUT2D eigenvalue weighted by molar-refractivity contribution is 5.88. The first kappa shape index (κ1) is 19.4. The summed E-state index contributed by atoms with van der Waals surface area (Å²) >= 11 is 0. The van der Waals surface area contributed by atoms with Crippen LogP contribution in [0.4, 0.5) is 0 Å². The van der Waals surface area contributed by atoms with Gasteiger partial charge in [0.15, 0.2) is 0 Å². The molecule has 5 heteroatoms. The molecule has 1 heterocycles. The Kier molecular flexibility index (Phi) is 7.44. The Balaban J connectivity index is 1.79. The van der Waals surface area contributed by atoms with Crippen molar-refractivity contribution in [2.24, 2.45) is 5.92 Å². The second kappa shape index (κ2) is 9.56. The standard InChI is InChI=1S/C20H31N3O2/c1-4-18(5-2)19(24)21-16(3)20(25)23-13-11-22(12-14-23)15-17-9-7-6-8-10-17/h6-10,16,18H,4-5,11-15H2,1-3H3,(H,21,24)/t16-/m0/s1. The van der Waals surface area contributed by atoms with Gasteiger partial charge in [-0.25, -0.2) is 0 Å². The van der Waals surface area contributed by atoms with Crippen LogP contribution >= 0.6 is 0 Å². The van der Waals surface area contributed by atoms with Crippen LogP contribution in [0, 0.1) is 5.92 Å². The van der Waals surface area contributed by atoms with Crippen LogP contribution in [0.5, 0.6) is 0 Å². The van der Waals surface area contributed by atoms with E-state index in [2.05, 4.69) is 34.5 Å². The molecule has 0 aromatic heterocycles. The number of hydrogen-bond donors (Lipinski definition) is 1. The number of carbonyl (C=O) groups is 2. The molecule has 1 atom stereocenters. The number of nitrogens with one attached hydrogen (secondary N) is 1. The Morgan fingerprint density at radius 3 is 2.20 bits per heavy atom. The van der Waals surface area contributed by atoms with Gasteiger partial charge < -0.3 is 10.2 Å². The monoisotopic (exact) mass is 345 g/mol. The maximum atomic E-state index is 12.6. The molecule has 1 aromatic rings. The molecule has 1 aliphatic heterocycles. The van der Waals surface area contributed by atoms with Crippen molar-refractivity contribution in [2.45, 2.75) is 46.2 Å². The molecular weight excluding hydrogens is 314 g/mol. The average Bonchev–Trinajstić information content (AvgIpc) is 2.63. The molecule has 0 bridgehead atoms. The second-order valence-corrected chi connectivity index (χ2v) is 6.83. The summed E-state index contributed by atoms with van der Waals surface area (Å²) in [6.07, 6.45) is 1.61. The Hall–Kier alpha value is -1.88. The maximum absolute atomic E-state index is 12.6. The van der Waals surface area contributed by atoms with Gasteiger partial charge in [0.1, 0.15) is 6.04 Å². The van der Waals surface area contributed by atoms with Crippen LogP contribution in [0.15, 0.2) is 30.3 Å². The van der Waals surface area contributed by atoms with E-state index in [4.69, 9.17) is 0 Å². The minimum atomic E-state index is -0.450. The highest BCUT2D eigenvalue weighted by Gasteiger charge is 2.27. The van der Waals surface area contributed by atoms with E-state index in [0.717, 1.165) is 45.6 Å². The molecule has 1 aromatic carbocycles. The summed E-state index contributed by atoms with van der Waals surface area (Å²) in [7, 11) is 0. The fourth-order valence-corrected chi connectivity index (χ4v) is 3.29. The third-order valence-corrected chi connectivity index (χ3v) is 5.02. The molecule has 1 N–H and O–H groups in total. The molecule has 1 aliphatic rings. The SMILES string of the molecule is CCC(CC)C(=O)N[C@@H](C)C(=O)N1CCN(Cc2ccccc2)CC1. The van der Waals surface area contributed by atoms with E-state index in [1.54, 1.807) is 6.92 Å².